The van der Waals surface area contributed by atoms with Gasteiger partial charge in [-0.1, -0.05) is 49.7 Å². The van der Waals surface area contributed by atoms with Crippen molar-refractivity contribution < 1.29 is 4.74 Å². The summed E-state index contributed by atoms with van der Waals surface area (Å²) in [6.45, 7) is 2.20. The predicted molar refractivity (Wildman–Crippen MR) is 70.4 cm³/mol. The Hall–Kier alpha value is -1.76. The molecule has 0 aliphatic rings. The molecule has 0 aliphatic heterocycles. The molecule has 0 unspecified atom stereocenters. The second kappa shape index (κ2) is 6.09. The van der Waals surface area contributed by atoms with Crippen molar-refractivity contribution in [1.82, 2.24) is 0 Å². The van der Waals surface area contributed by atoms with Crippen molar-refractivity contribution in [2.45, 2.75) is 26.2 Å². The van der Waals surface area contributed by atoms with E-state index in [9.17, 15) is 0 Å². The lowest BCUT2D eigenvalue weighted by Crippen LogP contribution is -1.92. The average molecular weight is 225 g/mol. The molecule has 0 saturated heterocycles. The third kappa shape index (κ3) is 3.35. The summed E-state index contributed by atoms with van der Waals surface area (Å²) in [6, 6.07) is 19.1. The minimum Gasteiger partial charge on any atom is -0.456 e. The van der Waals surface area contributed by atoms with Crippen molar-refractivity contribution in [3.05, 3.63) is 60.2 Å². The van der Waals surface area contributed by atoms with Gasteiger partial charge in [0, 0.05) is 6.07 Å². The molecular formula is C16H17O. The van der Waals surface area contributed by atoms with Crippen LogP contribution >= 0.6 is 0 Å². The normalized spacial score (nSPS) is 10.2. The lowest BCUT2D eigenvalue weighted by Gasteiger charge is -2.10. The molecule has 2 aromatic rings. The van der Waals surface area contributed by atoms with Crippen molar-refractivity contribution in [2.24, 2.45) is 0 Å². The first-order valence-corrected chi connectivity index (χ1v) is 6.12. The minimum atomic E-state index is 0.854. The van der Waals surface area contributed by atoms with Crippen LogP contribution in [0, 0.1) is 6.07 Å². The standard InChI is InChI=1S/C16H17O/c1-2-3-9-14-10-7-8-13-16(14)17-15-11-5-4-6-12-15/h4-8,10-12H,2-3,9H2,1H3. The van der Waals surface area contributed by atoms with Gasteiger partial charge in [0.05, 0.1) is 0 Å². The van der Waals surface area contributed by atoms with E-state index in [-0.39, 0.29) is 0 Å². The summed E-state index contributed by atoms with van der Waals surface area (Å²) in [7, 11) is 0. The SMILES string of the molecule is CCCCc1ccc[c]c1Oc1ccccc1. The van der Waals surface area contributed by atoms with Gasteiger partial charge in [0.15, 0.2) is 0 Å². The Kier molecular flexibility index (Phi) is 4.20. The molecule has 0 saturated carbocycles. The molecule has 0 N–H and O–H groups in total. The molecule has 2 rings (SSSR count). The summed E-state index contributed by atoms with van der Waals surface area (Å²) in [4.78, 5) is 0. The van der Waals surface area contributed by atoms with Crippen molar-refractivity contribution in [3.63, 3.8) is 0 Å². The van der Waals surface area contributed by atoms with Crippen LogP contribution in [0.5, 0.6) is 11.5 Å². The molecule has 17 heavy (non-hydrogen) atoms. The number of benzene rings is 2. The molecule has 0 spiro atoms. The molecule has 0 atom stereocenters. The highest BCUT2D eigenvalue weighted by Gasteiger charge is 2.03. The molecule has 0 aromatic heterocycles. The van der Waals surface area contributed by atoms with Gasteiger partial charge in [0.2, 0.25) is 0 Å². The van der Waals surface area contributed by atoms with Gasteiger partial charge in [-0.05, 0) is 30.5 Å². The molecule has 0 aliphatic carbocycles. The van der Waals surface area contributed by atoms with Crippen LogP contribution in [0.4, 0.5) is 0 Å². The first-order chi connectivity index (χ1) is 8.40. The summed E-state index contributed by atoms with van der Waals surface area (Å²) in [5.41, 5.74) is 1.23. The maximum atomic E-state index is 5.85. The topological polar surface area (TPSA) is 9.23 Å². The third-order valence-corrected chi connectivity index (χ3v) is 2.66. The van der Waals surface area contributed by atoms with Crippen LogP contribution in [0.25, 0.3) is 0 Å². The fourth-order valence-corrected chi connectivity index (χ4v) is 1.72. The number of hydrogen-bond donors (Lipinski definition) is 0. The first-order valence-electron chi connectivity index (χ1n) is 6.12. The highest BCUT2D eigenvalue weighted by molar-refractivity contribution is 5.36. The molecule has 1 nitrogen and oxygen atoms in total. The van der Waals surface area contributed by atoms with E-state index in [2.05, 4.69) is 19.1 Å². The summed E-state index contributed by atoms with van der Waals surface area (Å²) in [6.07, 6.45) is 3.43. The monoisotopic (exact) mass is 225 g/mol. The molecule has 87 valence electrons. The van der Waals surface area contributed by atoms with E-state index in [1.54, 1.807) is 0 Å². The van der Waals surface area contributed by atoms with Gasteiger partial charge in [-0.15, -0.1) is 0 Å². The average Bonchev–Trinajstić information content (AvgIpc) is 2.39. The second-order valence-electron chi connectivity index (χ2n) is 4.04. The zero-order valence-electron chi connectivity index (χ0n) is 10.1. The lowest BCUT2D eigenvalue weighted by atomic mass is 10.1. The fourth-order valence-electron chi connectivity index (χ4n) is 1.72. The number of rotatable bonds is 5. The Morgan fingerprint density at radius 1 is 1.06 bits per heavy atom. The highest BCUT2D eigenvalue weighted by atomic mass is 16.5. The van der Waals surface area contributed by atoms with Crippen molar-refractivity contribution in [1.29, 1.82) is 0 Å². The van der Waals surface area contributed by atoms with E-state index >= 15 is 0 Å². The second-order valence-corrected chi connectivity index (χ2v) is 4.04. The quantitative estimate of drug-likeness (QED) is 0.721. The Labute approximate surface area is 103 Å². The van der Waals surface area contributed by atoms with E-state index in [4.69, 9.17) is 4.74 Å². The predicted octanol–water partition coefficient (Wildman–Crippen LogP) is 4.62. The van der Waals surface area contributed by atoms with Gasteiger partial charge in [0.25, 0.3) is 0 Å². The Morgan fingerprint density at radius 3 is 2.65 bits per heavy atom. The molecule has 0 fully saturated rings. The van der Waals surface area contributed by atoms with Crippen LogP contribution in [0.15, 0.2) is 48.5 Å². The van der Waals surface area contributed by atoms with Crippen molar-refractivity contribution >= 4 is 0 Å². The summed E-state index contributed by atoms with van der Waals surface area (Å²) in [5.74, 6) is 1.72. The van der Waals surface area contributed by atoms with Gasteiger partial charge in [-0.25, -0.2) is 0 Å². The van der Waals surface area contributed by atoms with Crippen LogP contribution < -0.4 is 4.74 Å². The van der Waals surface area contributed by atoms with Crippen LogP contribution in [0.2, 0.25) is 0 Å². The number of ether oxygens (including phenoxy) is 1. The Balaban J connectivity index is 2.15. The van der Waals surface area contributed by atoms with Crippen molar-refractivity contribution in [3.8, 4) is 11.5 Å². The summed E-state index contributed by atoms with van der Waals surface area (Å²) < 4.78 is 5.85. The third-order valence-electron chi connectivity index (χ3n) is 2.66. The van der Waals surface area contributed by atoms with Crippen LogP contribution in [-0.2, 0) is 6.42 Å². The smallest absolute Gasteiger partial charge is 0.138 e. The van der Waals surface area contributed by atoms with Crippen LogP contribution in [-0.4, -0.2) is 0 Å². The maximum absolute atomic E-state index is 5.85. The number of para-hydroxylation sites is 2. The van der Waals surface area contributed by atoms with E-state index in [1.807, 2.05) is 42.5 Å². The molecule has 0 bridgehead atoms. The maximum Gasteiger partial charge on any atom is 0.138 e. The Bertz CT molecular complexity index is 448. The minimum absolute atomic E-state index is 0.854. The number of hydrogen-bond acceptors (Lipinski definition) is 1. The van der Waals surface area contributed by atoms with Gasteiger partial charge in [-0.2, -0.15) is 0 Å². The summed E-state index contributed by atoms with van der Waals surface area (Å²) in [5, 5.41) is 0. The molecule has 0 amide bonds. The van der Waals surface area contributed by atoms with E-state index in [1.165, 1.54) is 18.4 Å². The van der Waals surface area contributed by atoms with Gasteiger partial charge < -0.3 is 4.74 Å². The molecule has 2 aromatic carbocycles. The van der Waals surface area contributed by atoms with Crippen LogP contribution in [0.1, 0.15) is 25.3 Å². The van der Waals surface area contributed by atoms with Gasteiger partial charge >= 0.3 is 0 Å². The number of unbranched alkanes of at least 4 members (excludes halogenated alkanes) is 1. The van der Waals surface area contributed by atoms with Crippen molar-refractivity contribution in [2.75, 3.05) is 0 Å². The highest BCUT2D eigenvalue weighted by Crippen LogP contribution is 2.25. The molecule has 1 heteroatoms. The zero-order valence-corrected chi connectivity index (χ0v) is 10.1. The molecule has 0 heterocycles. The largest absolute Gasteiger partial charge is 0.456 e. The first kappa shape index (κ1) is 11.7. The van der Waals surface area contributed by atoms with E-state index in [0.717, 1.165) is 17.9 Å². The number of aryl methyl sites for hydroxylation is 1. The Morgan fingerprint density at radius 2 is 1.88 bits per heavy atom. The van der Waals surface area contributed by atoms with Gasteiger partial charge in [-0.3, -0.25) is 0 Å². The van der Waals surface area contributed by atoms with E-state index in [0.29, 0.717) is 0 Å². The summed E-state index contributed by atoms with van der Waals surface area (Å²) >= 11 is 0. The van der Waals surface area contributed by atoms with Crippen LogP contribution in [0.3, 0.4) is 0 Å². The lowest BCUT2D eigenvalue weighted by molar-refractivity contribution is 0.474. The zero-order chi connectivity index (χ0) is 11.9. The van der Waals surface area contributed by atoms with Gasteiger partial charge in [0.1, 0.15) is 11.5 Å². The molecular weight excluding hydrogens is 208 g/mol. The van der Waals surface area contributed by atoms with E-state index < -0.39 is 0 Å². The fraction of sp³-hybridized carbons (Fsp3) is 0.250. The molecule has 1 radical (unpaired) electrons.